The molecule has 0 saturated heterocycles. The summed E-state index contributed by atoms with van der Waals surface area (Å²) in [6.07, 6.45) is 1.45. The van der Waals surface area contributed by atoms with Gasteiger partial charge in [-0.1, -0.05) is 24.3 Å². The van der Waals surface area contributed by atoms with Crippen LogP contribution in [0.15, 0.2) is 58.8 Å². The lowest BCUT2D eigenvalue weighted by Crippen LogP contribution is -2.28. The quantitative estimate of drug-likeness (QED) is 0.584. The van der Waals surface area contributed by atoms with E-state index < -0.39 is 5.91 Å². The Morgan fingerprint density at radius 2 is 2.04 bits per heavy atom. The van der Waals surface area contributed by atoms with Crippen molar-refractivity contribution in [3.8, 4) is 5.69 Å². The van der Waals surface area contributed by atoms with Crippen molar-refractivity contribution >= 4 is 28.3 Å². The van der Waals surface area contributed by atoms with Gasteiger partial charge in [0.15, 0.2) is 0 Å². The van der Waals surface area contributed by atoms with E-state index in [1.165, 1.54) is 6.20 Å². The minimum absolute atomic E-state index is 0.0877. The molecule has 0 aliphatic rings. The van der Waals surface area contributed by atoms with E-state index in [0.717, 1.165) is 10.6 Å². The van der Waals surface area contributed by atoms with Crippen molar-refractivity contribution in [2.24, 2.45) is 0 Å². The van der Waals surface area contributed by atoms with Crippen LogP contribution in [0.4, 0.5) is 0 Å². The van der Waals surface area contributed by atoms with Crippen LogP contribution in [0.25, 0.3) is 16.7 Å². The average molecular weight is 364 g/mol. The normalized spacial score (nSPS) is 11.0. The number of amides is 1. The second-order valence-corrected chi connectivity index (χ2v) is 6.88. The molecule has 2 N–H and O–H groups in total. The number of pyridine rings is 1. The Hall–Kier alpha value is -3.19. The molecule has 130 valence electrons. The van der Waals surface area contributed by atoms with Crippen molar-refractivity contribution in [1.82, 2.24) is 20.1 Å². The summed E-state index contributed by atoms with van der Waals surface area (Å²) in [6.45, 7) is 2.17. The van der Waals surface area contributed by atoms with Crippen LogP contribution in [-0.2, 0) is 6.54 Å². The minimum Gasteiger partial charge on any atom is -0.347 e. The molecule has 0 saturated carbocycles. The van der Waals surface area contributed by atoms with Crippen LogP contribution in [0, 0.1) is 6.92 Å². The van der Waals surface area contributed by atoms with E-state index in [1.54, 1.807) is 22.9 Å². The molecule has 7 heteroatoms. The minimum atomic E-state index is -0.395. The molecule has 3 heterocycles. The van der Waals surface area contributed by atoms with Crippen molar-refractivity contribution in [2.75, 3.05) is 0 Å². The van der Waals surface area contributed by atoms with E-state index in [2.05, 4.69) is 15.4 Å². The van der Waals surface area contributed by atoms with Crippen LogP contribution in [0.5, 0.6) is 0 Å². The molecule has 3 aromatic heterocycles. The predicted octanol–water partition coefficient (Wildman–Crippen LogP) is 3.01. The number of carbonyl (C=O) groups is 1. The van der Waals surface area contributed by atoms with Crippen molar-refractivity contribution < 1.29 is 4.79 Å². The zero-order valence-electron chi connectivity index (χ0n) is 14.0. The second kappa shape index (κ2) is 6.61. The third kappa shape index (κ3) is 2.82. The SMILES string of the molecule is Cc1nn(-c2ccccc2)c2[nH]cc(C(=O)NCc3cccs3)c(=O)c12. The number of nitrogens with one attached hydrogen (secondary N) is 2. The summed E-state index contributed by atoms with van der Waals surface area (Å²) in [5.74, 6) is -0.395. The van der Waals surface area contributed by atoms with Crippen LogP contribution in [-0.4, -0.2) is 20.7 Å². The van der Waals surface area contributed by atoms with Gasteiger partial charge in [0.1, 0.15) is 11.2 Å². The smallest absolute Gasteiger partial charge is 0.257 e. The third-order valence-corrected chi connectivity index (χ3v) is 5.01. The third-order valence-electron chi connectivity index (χ3n) is 4.13. The molecule has 1 amide bonds. The fourth-order valence-electron chi connectivity index (χ4n) is 2.87. The van der Waals surface area contributed by atoms with Crippen LogP contribution < -0.4 is 10.7 Å². The Morgan fingerprint density at radius 3 is 2.77 bits per heavy atom. The molecule has 26 heavy (non-hydrogen) atoms. The number of aromatic nitrogens is 3. The highest BCUT2D eigenvalue weighted by Crippen LogP contribution is 2.17. The number of para-hydroxylation sites is 1. The topological polar surface area (TPSA) is 79.8 Å². The number of aromatic amines is 1. The summed E-state index contributed by atoms with van der Waals surface area (Å²) in [5.41, 5.74) is 1.77. The van der Waals surface area contributed by atoms with Gasteiger partial charge in [0.2, 0.25) is 5.43 Å². The van der Waals surface area contributed by atoms with Gasteiger partial charge in [0.05, 0.1) is 23.3 Å². The molecular weight excluding hydrogens is 348 g/mol. The Balaban J connectivity index is 1.72. The maximum atomic E-state index is 12.9. The van der Waals surface area contributed by atoms with Crippen LogP contribution in [0.2, 0.25) is 0 Å². The number of hydrogen-bond donors (Lipinski definition) is 2. The number of thiophene rings is 1. The molecule has 4 aromatic rings. The van der Waals surface area contributed by atoms with Gasteiger partial charge in [-0.05, 0) is 30.5 Å². The molecule has 0 bridgehead atoms. The monoisotopic (exact) mass is 364 g/mol. The van der Waals surface area contributed by atoms with E-state index in [0.29, 0.717) is 23.3 Å². The van der Waals surface area contributed by atoms with Crippen LogP contribution >= 0.6 is 11.3 Å². The first-order chi connectivity index (χ1) is 12.6. The highest BCUT2D eigenvalue weighted by Gasteiger charge is 2.18. The van der Waals surface area contributed by atoms with E-state index in [-0.39, 0.29) is 11.0 Å². The molecule has 0 aliphatic carbocycles. The van der Waals surface area contributed by atoms with Gasteiger partial charge in [0.25, 0.3) is 5.91 Å². The summed E-state index contributed by atoms with van der Waals surface area (Å²) in [7, 11) is 0. The number of fused-ring (bicyclic) bond motifs is 1. The Labute approximate surface area is 153 Å². The van der Waals surface area contributed by atoms with E-state index in [9.17, 15) is 9.59 Å². The summed E-state index contributed by atoms with van der Waals surface area (Å²) in [4.78, 5) is 29.4. The number of carbonyl (C=O) groups excluding carboxylic acids is 1. The van der Waals surface area contributed by atoms with Gasteiger partial charge < -0.3 is 10.3 Å². The van der Waals surface area contributed by atoms with Gasteiger partial charge in [-0.15, -0.1) is 11.3 Å². The van der Waals surface area contributed by atoms with Crippen molar-refractivity contribution in [3.05, 3.63) is 80.4 Å². The predicted molar refractivity (Wildman–Crippen MR) is 102 cm³/mol. The molecule has 0 aliphatic heterocycles. The zero-order chi connectivity index (χ0) is 18.1. The molecule has 6 nitrogen and oxygen atoms in total. The molecule has 1 aromatic carbocycles. The Morgan fingerprint density at radius 1 is 1.23 bits per heavy atom. The number of rotatable bonds is 4. The summed E-state index contributed by atoms with van der Waals surface area (Å²) in [6, 6.07) is 13.4. The van der Waals surface area contributed by atoms with Crippen molar-refractivity contribution in [3.63, 3.8) is 0 Å². The highest BCUT2D eigenvalue weighted by molar-refractivity contribution is 7.09. The molecule has 0 unspecified atom stereocenters. The first-order valence-corrected chi connectivity index (χ1v) is 9.00. The number of aryl methyl sites for hydroxylation is 1. The average Bonchev–Trinajstić information content (AvgIpc) is 3.29. The molecule has 0 radical (unpaired) electrons. The first kappa shape index (κ1) is 16.3. The molecular formula is C19H16N4O2S. The van der Waals surface area contributed by atoms with Gasteiger partial charge in [-0.25, -0.2) is 4.68 Å². The maximum absolute atomic E-state index is 12.9. The summed E-state index contributed by atoms with van der Waals surface area (Å²) in [5, 5.41) is 9.63. The van der Waals surface area contributed by atoms with Gasteiger partial charge in [-0.3, -0.25) is 9.59 Å². The summed E-state index contributed by atoms with van der Waals surface area (Å²) < 4.78 is 1.68. The zero-order valence-corrected chi connectivity index (χ0v) is 14.8. The molecule has 0 atom stereocenters. The van der Waals surface area contributed by atoms with Crippen LogP contribution in [0.3, 0.4) is 0 Å². The lowest BCUT2D eigenvalue weighted by Gasteiger charge is -2.05. The van der Waals surface area contributed by atoms with Gasteiger partial charge in [0, 0.05) is 11.1 Å². The number of benzene rings is 1. The first-order valence-electron chi connectivity index (χ1n) is 8.12. The fraction of sp³-hybridized carbons (Fsp3) is 0.105. The Bertz CT molecular complexity index is 1130. The maximum Gasteiger partial charge on any atom is 0.257 e. The van der Waals surface area contributed by atoms with Gasteiger partial charge >= 0.3 is 0 Å². The van der Waals surface area contributed by atoms with Crippen molar-refractivity contribution in [1.29, 1.82) is 0 Å². The van der Waals surface area contributed by atoms with Gasteiger partial charge in [-0.2, -0.15) is 5.10 Å². The second-order valence-electron chi connectivity index (χ2n) is 5.85. The fourth-order valence-corrected chi connectivity index (χ4v) is 3.52. The standard InChI is InChI=1S/C19H16N4O2S/c1-12-16-17(24)15(19(25)21-10-14-8-5-9-26-14)11-20-18(16)23(22-12)13-6-3-2-4-7-13/h2-9,11H,10H2,1H3,(H,20,24)(H,21,25). The largest absolute Gasteiger partial charge is 0.347 e. The highest BCUT2D eigenvalue weighted by atomic mass is 32.1. The van der Waals surface area contributed by atoms with Crippen molar-refractivity contribution in [2.45, 2.75) is 13.5 Å². The number of nitrogens with zero attached hydrogens (tertiary/aromatic N) is 2. The Kier molecular flexibility index (Phi) is 4.14. The molecule has 0 fully saturated rings. The lowest BCUT2D eigenvalue weighted by molar-refractivity contribution is 0.0950. The number of hydrogen-bond acceptors (Lipinski definition) is 4. The van der Waals surface area contributed by atoms with E-state index in [4.69, 9.17) is 0 Å². The van der Waals surface area contributed by atoms with Crippen LogP contribution in [0.1, 0.15) is 20.9 Å². The van der Waals surface area contributed by atoms with E-state index >= 15 is 0 Å². The number of H-pyrrole nitrogens is 1. The molecule has 0 spiro atoms. The summed E-state index contributed by atoms with van der Waals surface area (Å²) >= 11 is 1.56. The van der Waals surface area contributed by atoms with E-state index in [1.807, 2.05) is 47.8 Å². The molecule has 4 rings (SSSR count). The lowest BCUT2D eigenvalue weighted by atomic mass is 10.2.